The summed E-state index contributed by atoms with van der Waals surface area (Å²) in [6.45, 7) is 11.9. The van der Waals surface area contributed by atoms with Crippen LogP contribution >= 0.6 is 0 Å². The standard InChI is InChI=1S/C27H48O2/c1-6-20(28)9-7-18(2)22-11-12-23-21-10-8-19-17-25(3,29)15-16-26(19,4)24(21)13-14-27(22,23)5/h18-24,28-29H,6-17H2,1-5H3/t18-,19-,20+,21+,22?,23+,24+,25+,26+,27-/m1/s1. The van der Waals surface area contributed by atoms with Gasteiger partial charge in [-0.2, -0.15) is 0 Å². The number of hydrogen-bond acceptors (Lipinski definition) is 2. The van der Waals surface area contributed by atoms with Crippen LogP contribution < -0.4 is 0 Å². The summed E-state index contributed by atoms with van der Waals surface area (Å²) in [5.41, 5.74) is 0.583. The van der Waals surface area contributed by atoms with E-state index in [4.69, 9.17) is 0 Å². The highest BCUT2D eigenvalue weighted by Crippen LogP contribution is 2.68. The van der Waals surface area contributed by atoms with Crippen molar-refractivity contribution in [3.63, 3.8) is 0 Å². The predicted octanol–water partition coefficient (Wildman–Crippen LogP) is 6.58. The Hall–Kier alpha value is -0.0800. The molecule has 0 aromatic carbocycles. The monoisotopic (exact) mass is 404 g/mol. The molecule has 0 aromatic heterocycles. The maximum atomic E-state index is 10.7. The Labute approximate surface area is 180 Å². The first kappa shape index (κ1) is 22.1. The summed E-state index contributed by atoms with van der Waals surface area (Å²) in [4.78, 5) is 0. The first-order chi connectivity index (χ1) is 13.6. The van der Waals surface area contributed by atoms with Gasteiger partial charge in [-0.05, 0) is 130 Å². The molecule has 4 saturated carbocycles. The fourth-order valence-electron chi connectivity index (χ4n) is 9.27. The second kappa shape index (κ2) is 7.80. The Morgan fingerprint density at radius 1 is 0.862 bits per heavy atom. The second-order valence-electron chi connectivity index (χ2n) is 12.7. The van der Waals surface area contributed by atoms with Gasteiger partial charge in [0, 0.05) is 0 Å². The summed E-state index contributed by atoms with van der Waals surface area (Å²) >= 11 is 0. The Balaban J connectivity index is 1.48. The highest BCUT2D eigenvalue weighted by molar-refractivity contribution is 5.10. The topological polar surface area (TPSA) is 40.5 Å². The minimum Gasteiger partial charge on any atom is -0.393 e. The van der Waals surface area contributed by atoms with E-state index in [9.17, 15) is 10.2 Å². The lowest BCUT2D eigenvalue weighted by molar-refractivity contribution is -0.148. The van der Waals surface area contributed by atoms with Crippen molar-refractivity contribution in [1.29, 1.82) is 0 Å². The molecule has 0 spiro atoms. The molecule has 0 aliphatic heterocycles. The largest absolute Gasteiger partial charge is 0.393 e. The quantitative estimate of drug-likeness (QED) is 0.543. The molecule has 168 valence electrons. The van der Waals surface area contributed by atoms with Crippen LogP contribution in [0.15, 0.2) is 0 Å². The van der Waals surface area contributed by atoms with Gasteiger partial charge in [0.25, 0.3) is 0 Å². The van der Waals surface area contributed by atoms with Crippen LogP contribution in [0.1, 0.15) is 112 Å². The number of fused-ring (bicyclic) bond motifs is 5. The van der Waals surface area contributed by atoms with E-state index in [-0.39, 0.29) is 6.10 Å². The van der Waals surface area contributed by atoms with E-state index in [2.05, 4.69) is 34.6 Å². The number of aliphatic hydroxyl groups excluding tert-OH is 1. The van der Waals surface area contributed by atoms with Crippen molar-refractivity contribution in [2.45, 2.75) is 123 Å². The fourth-order valence-corrected chi connectivity index (χ4v) is 9.27. The van der Waals surface area contributed by atoms with Crippen LogP contribution in [0, 0.1) is 46.3 Å². The van der Waals surface area contributed by atoms with E-state index < -0.39 is 5.60 Å². The summed E-state index contributed by atoms with van der Waals surface area (Å²) in [5, 5.41) is 20.8. The molecule has 0 bridgehead atoms. The normalized spacial score (nSPS) is 51.6. The highest BCUT2D eigenvalue weighted by Gasteiger charge is 2.61. The molecule has 4 fully saturated rings. The fraction of sp³-hybridized carbons (Fsp3) is 1.00. The maximum absolute atomic E-state index is 10.7. The van der Waals surface area contributed by atoms with E-state index in [1.54, 1.807) is 0 Å². The van der Waals surface area contributed by atoms with E-state index in [1.807, 2.05) is 0 Å². The molecular weight excluding hydrogens is 356 g/mol. The third-order valence-corrected chi connectivity index (χ3v) is 11.1. The maximum Gasteiger partial charge on any atom is 0.0622 e. The van der Waals surface area contributed by atoms with E-state index >= 15 is 0 Å². The van der Waals surface area contributed by atoms with Crippen LogP contribution in [-0.4, -0.2) is 21.9 Å². The van der Waals surface area contributed by atoms with Gasteiger partial charge in [0.15, 0.2) is 0 Å². The Bertz CT molecular complexity index is 585. The summed E-state index contributed by atoms with van der Waals surface area (Å²) in [5.74, 6) is 5.09. The molecule has 0 amide bonds. The molecule has 4 rings (SSSR count). The van der Waals surface area contributed by atoms with Crippen molar-refractivity contribution in [2.24, 2.45) is 46.3 Å². The molecule has 0 radical (unpaired) electrons. The molecule has 1 unspecified atom stereocenters. The van der Waals surface area contributed by atoms with Gasteiger partial charge in [-0.25, -0.2) is 0 Å². The summed E-state index contributed by atoms with van der Waals surface area (Å²) in [6, 6.07) is 0. The molecule has 2 N–H and O–H groups in total. The summed E-state index contributed by atoms with van der Waals surface area (Å²) < 4.78 is 0. The van der Waals surface area contributed by atoms with Gasteiger partial charge in [0.2, 0.25) is 0 Å². The molecule has 2 nitrogen and oxygen atoms in total. The van der Waals surface area contributed by atoms with Gasteiger partial charge in [0.05, 0.1) is 11.7 Å². The van der Waals surface area contributed by atoms with Gasteiger partial charge in [0.1, 0.15) is 0 Å². The summed E-state index contributed by atoms with van der Waals surface area (Å²) in [6.07, 6.45) is 14.7. The van der Waals surface area contributed by atoms with Gasteiger partial charge in [-0.15, -0.1) is 0 Å². The summed E-state index contributed by atoms with van der Waals surface area (Å²) in [7, 11) is 0. The molecular formula is C27H48O2. The number of aliphatic hydroxyl groups is 2. The number of rotatable bonds is 5. The van der Waals surface area contributed by atoms with Crippen LogP contribution in [-0.2, 0) is 0 Å². The molecule has 4 aliphatic carbocycles. The predicted molar refractivity (Wildman–Crippen MR) is 121 cm³/mol. The lowest BCUT2D eigenvalue weighted by atomic mass is 9.43. The Kier molecular flexibility index (Phi) is 5.95. The smallest absolute Gasteiger partial charge is 0.0622 e. The second-order valence-corrected chi connectivity index (χ2v) is 12.7. The average Bonchev–Trinajstić information content (AvgIpc) is 3.03. The Morgan fingerprint density at radius 3 is 2.31 bits per heavy atom. The first-order valence-electron chi connectivity index (χ1n) is 13.0. The van der Waals surface area contributed by atoms with Crippen LogP contribution in [0.2, 0.25) is 0 Å². The zero-order valence-corrected chi connectivity index (χ0v) is 19.9. The van der Waals surface area contributed by atoms with Crippen LogP contribution in [0.25, 0.3) is 0 Å². The zero-order valence-electron chi connectivity index (χ0n) is 19.9. The lowest BCUT2D eigenvalue weighted by Crippen LogP contribution is -2.55. The molecule has 0 aromatic rings. The average molecular weight is 405 g/mol. The minimum atomic E-state index is -0.420. The SMILES string of the molecule is CC[C@H](O)CC[C@@H](C)C1CC[C@H]2[C@@H]3CC[C@@H]4C[C@@](C)(O)CC[C@]4(C)[C@H]3CC[C@]12C. The van der Waals surface area contributed by atoms with Crippen molar-refractivity contribution < 1.29 is 10.2 Å². The third-order valence-electron chi connectivity index (χ3n) is 11.1. The van der Waals surface area contributed by atoms with Gasteiger partial charge >= 0.3 is 0 Å². The van der Waals surface area contributed by atoms with Gasteiger partial charge < -0.3 is 10.2 Å². The molecule has 0 heterocycles. The molecule has 29 heavy (non-hydrogen) atoms. The van der Waals surface area contributed by atoms with Crippen molar-refractivity contribution in [1.82, 2.24) is 0 Å². The van der Waals surface area contributed by atoms with Crippen LogP contribution in [0.5, 0.6) is 0 Å². The highest BCUT2D eigenvalue weighted by atomic mass is 16.3. The number of hydrogen-bond donors (Lipinski definition) is 2. The van der Waals surface area contributed by atoms with Crippen molar-refractivity contribution in [3.8, 4) is 0 Å². The first-order valence-corrected chi connectivity index (χ1v) is 13.0. The van der Waals surface area contributed by atoms with E-state index in [0.29, 0.717) is 10.8 Å². The van der Waals surface area contributed by atoms with Crippen molar-refractivity contribution in [3.05, 3.63) is 0 Å². The van der Waals surface area contributed by atoms with Crippen LogP contribution in [0.4, 0.5) is 0 Å². The third kappa shape index (κ3) is 3.73. The van der Waals surface area contributed by atoms with Crippen LogP contribution in [0.3, 0.4) is 0 Å². The molecule has 0 saturated heterocycles. The van der Waals surface area contributed by atoms with Crippen molar-refractivity contribution in [2.75, 3.05) is 0 Å². The van der Waals surface area contributed by atoms with E-state index in [0.717, 1.165) is 61.2 Å². The molecule has 10 atom stereocenters. The molecule has 2 heteroatoms. The zero-order chi connectivity index (χ0) is 21.0. The van der Waals surface area contributed by atoms with E-state index in [1.165, 1.54) is 51.4 Å². The molecule has 4 aliphatic rings. The van der Waals surface area contributed by atoms with Crippen molar-refractivity contribution >= 4 is 0 Å². The Morgan fingerprint density at radius 2 is 1.59 bits per heavy atom. The van der Waals surface area contributed by atoms with Gasteiger partial charge in [-0.3, -0.25) is 0 Å². The lowest BCUT2D eigenvalue weighted by Gasteiger charge is -2.62. The van der Waals surface area contributed by atoms with Gasteiger partial charge in [-0.1, -0.05) is 27.7 Å². The minimum absolute atomic E-state index is 0.100.